The highest BCUT2D eigenvalue weighted by molar-refractivity contribution is 7.80. The van der Waals surface area contributed by atoms with Gasteiger partial charge in [-0.15, -0.1) is 0 Å². The van der Waals surface area contributed by atoms with E-state index in [-0.39, 0.29) is 18.3 Å². The quantitative estimate of drug-likeness (QED) is 0.118. The number of oxazole rings is 1. The Bertz CT molecular complexity index is 1660. The molecule has 0 N–H and O–H groups in total. The van der Waals surface area contributed by atoms with E-state index in [9.17, 15) is 22.4 Å². The van der Waals surface area contributed by atoms with Crippen LogP contribution in [0.2, 0.25) is 0 Å². The number of piperidine rings is 1. The lowest BCUT2D eigenvalue weighted by molar-refractivity contribution is -0.141. The van der Waals surface area contributed by atoms with Crippen LogP contribution >= 0.6 is 12.2 Å². The molecular weight excluding hydrogens is 618 g/mol. The summed E-state index contributed by atoms with van der Waals surface area (Å²) in [4.78, 5) is 27.8. The van der Waals surface area contributed by atoms with Crippen molar-refractivity contribution in [2.24, 2.45) is 0 Å². The number of hydrogen-bond donors (Lipinski definition) is 0. The van der Waals surface area contributed by atoms with Crippen LogP contribution in [0, 0.1) is 5.82 Å². The minimum absolute atomic E-state index is 0.178. The van der Waals surface area contributed by atoms with E-state index in [1.807, 2.05) is 18.2 Å². The lowest BCUT2D eigenvalue weighted by atomic mass is 9.90. The lowest BCUT2D eigenvalue weighted by Gasteiger charge is -2.37. The number of thiocarbonyl (C=S) groups is 1. The van der Waals surface area contributed by atoms with Gasteiger partial charge in [0.2, 0.25) is 11.5 Å². The van der Waals surface area contributed by atoms with Crippen LogP contribution in [0.1, 0.15) is 51.7 Å². The number of Topliss-reactive ketones (excluding diaryl/α,β-unsaturated/α-hetero) is 1. The number of ketones is 1. The predicted octanol–water partition coefficient (Wildman–Crippen LogP) is 6.73. The molecule has 0 amide bonds. The third-order valence-electron chi connectivity index (χ3n) is 8.60. The van der Waals surface area contributed by atoms with Gasteiger partial charge in [0.25, 0.3) is 6.01 Å². The molecule has 2 aromatic heterocycles. The molecular formula is C34H33F4N5O2S. The fourth-order valence-electron chi connectivity index (χ4n) is 6.03. The molecule has 2 fully saturated rings. The molecule has 0 atom stereocenters. The highest BCUT2D eigenvalue weighted by atomic mass is 32.1. The molecule has 0 radical (unpaired) electrons. The Hall–Kier alpha value is -4.32. The third-order valence-corrected chi connectivity index (χ3v) is 9.01. The average Bonchev–Trinajstić information content (AvgIpc) is 3.54. The van der Waals surface area contributed by atoms with Gasteiger partial charge in [-0.1, -0.05) is 66.8 Å². The Kier molecular flexibility index (Phi) is 9.34. The lowest BCUT2D eigenvalue weighted by Crippen LogP contribution is -2.49. The summed E-state index contributed by atoms with van der Waals surface area (Å²) in [6.45, 7) is 3.52. The van der Waals surface area contributed by atoms with Crippen molar-refractivity contribution < 1.29 is 26.8 Å². The monoisotopic (exact) mass is 651 g/mol. The number of halogens is 4. The predicted molar refractivity (Wildman–Crippen MR) is 171 cm³/mol. The fourth-order valence-corrected chi connectivity index (χ4v) is 6.37. The van der Waals surface area contributed by atoms with Crippen LogP contribution in [0.25, 0.3) is 0 Å². The van der Waals surface area contributed by atoms with Crippen LogP contribution in [0.4, 0.5) is 29.4 Å². The standard InChI is InChI=1S/C34H33F4N5O2S/c35-27-9-5-4-8-26(27)21-30(46)42-18-16-41(17-19-42)29-11-10-23(22-39-29)20-28(44)31-32(34(36,37)38)40-33(45-31)43-14-12-25(13-15-43)24-6-2-1-3-7-24/h1-11,22,25H,12-21H2. The van der Waals surface area contributed by atoms with Crippen LogP contribution in [0.15, 0.2) is 77.3 Å². The van der Waals surface area contributed by atoms with Crippen molar-refractivity contribution in [2.45, 2.75) is 37.8 Å². The minimum atomic E-state index is -4.84. The third kappa shape index (κ3) is 7.22. The number of aromatic nitrogens is 2. The molecule has 240 valence electrons. The Morgan fingerprint density at radius 1 is 0.870 bits per heavy atom. The number of rotatable bonds is 8. The summed E-state index contributed by atoms with van der Waals surface area (Å²) in [6.07, 6.45) is -1.80. The zero-order chi connectivity index (χ0) is 32.3. The van der Waals surface area contributed by atoms with Crippen molar-refractivity contribution in [3.05, 3.63) is 107 Å². The van der Waals surface area contributed by atoms with Gasteiger partial charge in [-0.25, -0.2) is 9.37 Å². The Morgan fingerprint density at radius 3 is 2.22 bits per heavy atom. The number of pyridine rings is 1. The maximum atomic E-state index is 14.0. The molecule has 46 heavy (non-hydrogen) atoms. The Balaban J connectivity index is 1.06. The van der Waals surface area contributed by atoms with Crippen LogP contribution in [0.5, 0.6) is 0 Å². The van der Waals surface area contributed by atoms with Gasteiger partial charge in [0.15, 0.2) is 5.69 Å². The molecule has 6 rings (SSSR count). The van der Waals surface area contributed by atoms with E-state index in [1.165, 1.54) is 17.8 Å². The van der Waals surface area contributed by atoms with E-state index >= 15 is 0 Å². The van der Waals surface area contributed by atoms with Crippen molar-refractivity contribution in [3.63, 3.8) is 0 Å². The van der Waals surface area contributed by atoms with Crippen molar-refractivity contribution >= 4 is 34.8 Å². The van der Waals surface area contributed by atoms with Crippen molar-refractivity contribution in [3.8, 4) is 0 Å². The first-order valence-corrected chi connectivity index (χ1v) is 15.7. The van der Waals surface area contributed by atoms with Gasteiger partial charge in [0.1, 0.15) is 11.6 Å². The summed E-state index contributed by atoms with van der Waals surface area (Å²) in [5.41, 5.74) is 0.930. The summed E-state index contributed by atoms with van der Waals surface area (Å²) < 4.78 is 61.4. The van der Waals surface area contributed by atoms with Crippen LogP contribution in [-0.2, 0) is 19.0 Å². The van der Waals surface area contributed by atoms with Crippen molar-refractivity contribution in [1.29, 1.82) is 0 Å². The number of carbonyl (C=O) groups excluding carboxylic acids is 1. The number of hydrogen-bond acceptors (Lipinski definition) is 7. The molecule has 0 bridgehead atoms. The number of benzene rings is 2. The van der Waals surface area contributed by atoms with Gasteiger partial charge >= 0.3 is 6.18 Å². The maximum Gasteiger partial charge on any atom is 0.437 e. The van der Waals surface area contributed by atoms with Crippen molar-refractivity contribution in [2.75, 3.05) is 49.1 Å². The molecule has 2 aliphatic rings. The van der Waals surface area contributed by atoms with E-state index in [4.69, 9.17) is 16.6 Å². The van der Waals surface area contributed by atoms with E-state index in [2.05, 4.69) is 31.9 Å². The van der Waals surface area contributed by atoms with E-state index < -0.39 is 23.4 Å². The fraction of sp³-hybridized carbons (Fsp3) is 0.353. The average molecular weight is 652 g/mol. The second-order valence-electron chi connectivity index (χ2n) is 11.6. The van der Waals surface area contributed by atoms with Crippen LogP contribution < -0.4 is 9.80 Å². The van der Waals surface area contributed by atoms with Crippen molar-refractivity contribution in [1.82, 2.24) is 14.9 Å². The second-order valence-corrected chi connectivity index (χ2v) is 12.1. The summed E-state index contributed by atoms with van der Waals surface area (Å²) in [6, 6.07) is 19.9. The highest BCUT2D eigenvalue weighted by Crippen LogP contribution is 2.37. The molecule has 2 saturated heterocycles. The molecule has 2 aliphatic heterocycles. The molecule has 0 saturated carbocycles. The molecule has 0 unspecified atom stereocenters. The van der Waals surface area contributed by atoms with Gasteiger partial charge in [-0.05, 0) is 47.6 Å². The Labute approximate surface area is 269 Å². The first-order valence-electron chi connectivity index (χ1n) is 15.3. The zero-order valence-corrected chi connectivity index (χ0v) is 25.9. The van der Waals surface area contributed by atoms with Gasteiger partial charge in [-0.2, -0.15) is 18.2 Å². The van der Waals surface area contributed by atoms with Gasteiger partial charge < -0.3 is 19.1 Å². The molecule has 12 heteroatoms. The number of carbonyl (C=O) groups is 1. The smallest absolute Gasteiger partial charge is 0.420 e. The summed E-state index contributed by atoms with van der Waals surface area (Å²) in [7, 11) is 0. The molecule has 0 spiro atoms. The zero-order valence-electron chi connectivity index (χ0n) is 25.0. The Morgan fingerprint density at radius 2 is 1.57 bits per heavy atom. The molecule has 4 heterocycles. The molecule has 4 aromatic rings. The summed E-state index contributed by atoms with van der Waals surface area (Å²) >= 11 is 5.57. The van der Waals surface area contributed by atoms with E-state index in [0.29, 0.717) is 73.5 Å². The largest absolute Gasteiger partial charge is 0.437 e. The van der Waals surface area contributed by atoms with Crippen LogP contribution in [-0.4, -0.2) is 64.9 Å². The number of nitrogens with zero attached hydrogens (tertiary/aromatic N) is 5. The van der Waals surface area contributed by atoms with Gasteiger partial charge in [0, 0.05) is 58.3 Å². The first-order chi connectivity index (χ1) is 22.2. The van der Waals surface area contributed by atoms with E-state index in [1.54, 1.807) is 35.2 Å². The van der Waals surface area contributed by atoms with E-state index in [0.717, 1.165) is 12.8 Å². The highest BCUT2D eigenvalue weighted by Gasteiger charge is 2.42. The second kappa shape index (κ2) is 13.6. The van der Waals surface area contributed by atoms with Gasteiger partial charge in [0.05, 0.1) is 4.99 Å². The van der Waals surface area contributed by atoms with Crippen LogP contribution in [0.3, 0.4) is 0 Å². The number of piperazine rings is 1. The maximum absolute atomic E-state index is 14.0. The minimum Gasteiger partial charge on any atom is -0.420 e. The topological polar surface area (TPSA) is 65.7 Å². The number of anilines is 2. The normalized spacial score (nSPS) is 16.1. The summed E-state index contributed by atoms with van der Waals surface area (Å²) in [5.74, 6) is -0.870. The number of alkyl halides is 3. The van der Waals surface area contributed by atoms with Gasteiger partial charge in [-0.3, -0.25) is 4.79 Å². The molecule has 2 aromatic carbocycles. The molecule has 7 nitrogen and oxygen atoms in total. The first kappa shape index (κ1) is 31.7. The summed E-state index contributed by atoms with van der Waals surface area (Å²) in [5, 5.41) is 0. The SMILES string of the molecule is O=C(Cc1ccc(N2CCN(C(=S)Cc3ccccc3F)CC2)nc1)c1oc(N2CCC(c3ccccc3)CC2)nc1C(F)(F)F. The molecule has 0 aliphatic carbocycles.